The minimum atomic E-state index is 0.683. The summed E-state index contributed by atoms with van der Waals surface area (Å²) in [6, 6.07) is 26.2. The van der Waals surface area contributed by atoms with Gasteiger partial charge in [0, 0.05) is 5.02 Å². The van der Waals surface area contributed by atoms with Crippen molar-refractivity contribution in [3.63, 3.8) is 0 Å². The third-order valence-corrected chi connectivity index (χ3v) is 3.87. The number of nitrogens with zero attached hydrogens (tertiary/aromatic N) is 1. The standard InChI is InChI=1S/C20H14ClN/c21-20-11-5-16(6-12-20)13-15-1-7-18(8-2-15)19-9-3-17(14-22)4-10-19/h1-12H,13H2. The minimum absolute atomic E-state index is 0.683. The van der Waals surface area contributed by atoms with Crippen molar-refractivity contribution in [1.82, 2.24) is 0 Å². The highest BCUT2D eigenvalue weighted by molar-refractivity contribution is 6.30. The molecule has 0 saturated carbocycles. The third kappa shape index (κ3) is 3.36. The molecule has 106 valence electrons. The second kappa shape index (κ2) is 6.47. The van der Waals surface area contributed by atoms with Crippen molar-refractivity contribution < 1.29 is 0 Å². The van der Waals surface area contributed by atoms with Crippen molar-refractivity contribution in [2.45, 2.75) is 6.42 Å². The van der Waals surface area contributed by atoms with E-state index in [1.807, 2.05) is 36.4 Å². The van der Waals surface area contributed by atoms with E-state index in [1.54, 1.807) is 0 Å². The van der Waals surface area contributed by atoms with E-state index < -0.39 is 0 Å². The van der Waals surface area contributed by atoms with E-state index in [1.165, 1.54) is 11.1 Å². The van der Waals surface area contributed by atoms with Gasteiger partial charge in [-0.2, -0.15) is 5.26 Å². The molecule has 1 nitrogen and oxygen atoms in total. The average molecular weight is 304 g/mol. The number of hydrogen-bond donors (Lipinski definition) is 0. The van der Waals surface area contributed by atoms with E-state index in [9.17, 15) is 0 Å². The molecule has 0 radical (unpaired) electrons. The van der Waals surface area contributed by atoms with E-state index in [0.29, 0.717) is 5.56 Å². The number of rotatable bonds is 3. The molecule has 0 N–H and O–H groups in total. The van der Waals surface area contributed by atoms with Gasteiger partial charge in [0.1, 0.15) is 0 Å². The van der Waals surface area contributed by atoms with Crippen molar-refractivity contribution in [3.05, 3.63) is 94.5 Å². The summed E-state index contributed by atoms with van der Waals surface area (Å²) in [4.78, 5) is 0. The molecule has 0 spiro atoms. The van der Waals surface area contributed by atoms with Gasteiger partial charge in [0.2, 0.25) is 0 Å². The van der Waals surface area contributed by atoms with Crippen LogP contribution in [0, 0.1) is 11.3 Å². The second-order valence-corrected chi connectivity index (χ2v) is 5.63. The Kier molecular flexibility index (Phi) is 4.23. The monoisotopic (exact) mass is 303 g/mol. The highest BCUT2D eigenvalue weighted by Gasteiger charge is 2.00. The predicted molar refractivity (Wildman–Crippen MR) is 90.9 cm³/mol. The Morgan fingerprint density at radius 2 is 1.14 bits per heavy atom. The molecule has 0 bridgehead atoms. The maximum Gasteiger partial charge on any atom is 0.0991 e. The van der Waals surface area contributed by atoms with Gasteiger partial charge < -0.3 is 0 Å². The average Bonchev–Trinajstić information content (AvgIpc) is 2.58. The molecule has 0 unspecified atom stereocenters. The summed E-state index contributed by atoms with van der Waals surface area (Å²) in [5, 5.41) is 9.60. The molecule has 3 aromatic carbocycles. The zero-order chi connectivity index (χ0) is 15.4. The first kappa shape index (κ1) is 14.4. The van der Waals surface area contributed by atoms with Crippen LogP contribution in [0.3, 0.4) is 0 Å². The Labute approximate surface area is 135 Å². The summed E-state index contributed by atoms with van der Waals surface area (Å²) in [6.07, 6.45) is 0.894. The van der Waals surface area contributed by atoms with Crippen molar-refractivity contribution >= 4 is 11.6 Å². The Bertz CT molecular complexity index is 794. The van der Waals surface area contributed by atoms with Crippen LogP contribution in [0.4, 0.5) is 0 Å². The lowest BCUT2D eigenvalue weighted by atomic mass is 10.00. The van der Waals surface area contributed by atoms with Gasteiger partial charge in [-0.25, -0.2) is 0 Å². The van der Waals surface area contributed by atoms with Gasteiger partial charge in [0.15, 0.2) is 0 Å². The molecule has 0 amide bonds. The van der Waals surface area contributed by atoms with Crippen molar-refractivity contribution in [3.8, 4) is 17.2 Å². The number of halogens is 1. The van der Waals surface area contributed by atoms with Crippen molar-refractivity contribution in [2.75, 3.05) is 0 Å². The summed E-state index contributed by atoms with van der Waals surface area (Å²) in [6.45, 7) is 0. The topological polar surface area (TPSA) is 23.8 Å². The summed E-state index contributed by atoms with van der Waals surface area (Å²) >= 11 is 5.90. The van der Waals surface area contributed by atoms with Gasteiger partial charge in [0.25, 0.3) is 0 Å². The zero-order valence-corrected chi connectivity index (χ0v) is 12.7. The Morgan fingerprint density at radius 1 is 0.682 bits per heavy atom. The van der Waals surface area contributed by atoms with Gasteiger partial charge in [-0.05, 0) is 52.9 Å². The fourth-order valence-electron chi connectivity index (χ4n) is 2.39. The van der Waals surface area contributed by atoms with E-state index in [-0.39, 0.29) is 0 Å². The Balaban J connectivity index is 1.77. The molecule has 0 atom stereocenters. The van der Waals surface area contributed by atoms with Crippen LogP contribution in [-0.2, 0) is 6.42 Å². The summed E-state index contributed by atoms with van der Waals surface area (Å²) in [7, 11) is 0. The van der Waals surface area contributed by atoms with Crippen LogP contribution in [0.25, 0.3) is 11.1 Å². The first-order chi connectivity index (χ1) is 10.7. The van der Waals surface area contributed by atoms with Crippen LogP contribution in [0.2, 0.25) is 5.02 Å². The molecule has 2 heteroatoms. The molecule has 0 heterocycles. The van der Waals surface area contributed by atoms with Crippen molar-refractivity contribution in [2.24, 2.45) is 0 Å². The Morgan fingerprint density at radius 3 is 1.64 bits per heavy atom. The third-order valence-electron chi connectivity index (χ3n) is 3.62. The van der Waals surface area contributed by atoms with E-state index >= 15 is 0 Å². The van der Waals surface area contributed by atoms with E-state index in [0.717, 1.165) is 22.6 Å². The SMILES string of the molecule is N#Cc1ccc(-c2ccc(Cc3ccc(Cl)cc3)cc2)cc1. The minimum Gasteiger partial charge on any atom is -0.192 e. The van der Waals surface area contributed by atoms with Gasteiger partial charge in [-0.3, -0.25) is 0 Å². The zero-order valence-electron chi connectivity index (χ0n) is 12.0. The lowest BCUT2D eigenvalue weighted by Crippen LogP contribution is -1.88. The molecule has 0 aliphatic rings. The molecular weight excluding hydrogens is 290 g/mol. The molecule has 3 rings (SSSR count). The molecular formula is C20H14ClN. The summed E-state index contributed by atoms with van der Waals surface area (Å²) < 4.78 is 0. The largest absolute Gasteiger partial charge is 0.192 e. The summed E-state index contributed by atoms with van der Waals surface area (Å²) in [5.74, 6) is 0. The molecule has 0 aromatic heterocycles. The van der Waals surface area contributed by atoms with E-state index in [4.69, 9.17) is 16.9 Å². The fraction of sp³-hybridized carbons (Fsp3) is 0.0500. The van der Waals surface area contributed by atoms with Crippen LogP contribution in [0.1, 0.15) is 16.7 Å². The van der Waals surface area contributed by atoms with Gasteiger partial charge in [0.05, 0.1) is 11.6 Å². The molecule has 0 saturated heterocycles. The van der Waals surface area contributed by atoms with Crippen LogP contribution in [0.15, 0.2) is 72.8 Å². The van der Waals surface area contributed by atoms with Crippen molar-refractivity contribution in [1.29, 1.82) is 5.26 Å². The molecule has 0 aliphatic carbocycles. The highest BCUT2D eigenvalue weighted by atomic mass is 35.5. The fourth-order valence-corrected chi connectivity index (χ4v) is 2.52. The normalized spacial score (nSPS) is 10.2. The number of benzene rings is 3. The van der Waals surface area contributed by atoms with E-state index in [2.05, 4.69) is 42.5 Å². The van der Waals surface area contributed by atoms with Crippen LogP contribution in [0.5, 0.6) is 0 Å². The van der Waals surface area contributed by atoms with Gasteiger partial charge >= 0.3 is 0 Å². The lowest BCUT2D eigenvalue weighted by molar-refractivity contribution is 1.19. The first-order valence-corrected chi connectivity index (χ1v) is 7.46. The van der Waals surface area contributed by atoms with Crippen LogP contribution < -0.4 is 0 Å². The first-order valence-electron chi connectivity index (χ1n) is 7.08. The molecule has 0 fully saturated rings. The Hall–Kier alpha value is -2.56. The smallest absolute Gasteiger partial charge is 0.0991 e. The number of hydrogen-bond acceptors (Lipinski definition) is 1. The number of nitriles is 1. The highest BCUT2D eigenvalue weighted by Crippen LogP contribution is 2.21. The second-order valence-electron chi connectivity index (χ2n) is 5.19. The molecule has 22 heavy (non-hydrogen) atoms. The van der Waals surface area contributed by atoms with Gasteiger partial charge in [-0.1, -0.05) is 60.1 Å². The summed E-state index contributed by atoms with van der Waals surface area (Å²) in [5.41, 5.74) is 5.47. The lowest BCUT2D eigenvalue weighted by Gasteiger charge is -2.05. The quantitative estimate of drug-likeness (QED) is 0.629. The van der Waals surface area contributed by atoms with Crippen LogP contribution in [-0.4, -0.2) is 0 Å². The van der Waals surface area contributed by atoms with Gasteiger partial charge in [-0.15, -0.1) is 0 Å². The molecule has 0 aliphatic heterocycles. The maximum atomic E-state index is 8.83. The predicted octanol–water partition coefficient (Wildman–Crippen LogP) is 5.47. The van der Waals surface area contributed by atoms with Crippen LogP contribution >= 0.6 is 11.6 Å². The maximum absolute atomic E-state index is 8.83. The molecule has 3 aromatic rings.